The average Bonchev–Trinajstić information content (AvgIpc) is 2.39. The van der Waals surface area contributed by atoms with Crippen molar-refractivity contribution in [3.05, 3.63) is 17.5 Å². The number of nitrogens with two attached hydrogens (primary N) is 1. The molecule has 0 aliphatic carbocycles. The molecule has 1 fully saturated rings. The van der Waals surface area contributed by atoms with E-state index in [9.17, 15) is 0 Å². The highest BCUT2D eigenvalue weighted by Gasteiger charge is 2.17. The lowest BCUT2D eigenvalue weighted by Gasteiger charge is -2.27. The Morgan fingerprint density at radius 2 is 2.11 bits per heavy atom. The first kappa shape index (κ1) is 13.2. The molecule has 0 unspecified atom stereocenters. The largest absolute Gasteiger partial charge is 0.381 e. The van der Waals surface area contributed by atoms with E-state index in [1.807, 2.05) is 20.0 Å². The monoisotopic (exact) mass is 250 g/mol. The highest BCUT2D eigenvalue weighted by molar-refractivity contribution is 5.31. The Bertz CT molecular complexity index is 391. The molecule has 2 heterocycles. The van der Waals surface area contributed by atoms with Gasteiger partial charge in [0, 0.05) is 39.0 Å². The van der Waals surface area contributed by atoms with E-state index in [0.29, 0.717) is 12.5 Å². The SMILES string of the molecule is Cc1cc(CN)nc(N(C)CC2CCOCC2)n1. The fourth-order valence-electron chi connectivity index (χ4n) is 2.29. The van der Waals surface area contributed by atoms with Crippen molar-refractivity contribution in [2.75, 3.05) is 31.7 Å². The predicted octanol–water partition coefficient (Wildman–Crippen LogP) is 1.11. The molecule has 0 radical (unpaired) electrons. The van der Waals surface area contributed by atoms with Gasteiger partial charge in [-0.3, -0.25) is 0 Å². The summed E-state index contributed by atoms with van der Waals surface area (Å²) in [6.45, 7) is 5.17. The maximum atomic E-state index is 5.65. The summed E-state index contributed by atoms with van der Waals surface area (Å²) in [5.74, 6) is 1.45. The fourth-order valence-corrected chi connectivity index (χ4v) is 2.29. The van der Waals surface area contributed by atoms with Gasteiger partial charge in [-0.2, -0.15) is 0 Å². The normalized spacial score (nSPS) is 16.8. The second kappa shape index (κ2) is 6.11. The van der Waals surface area contributed by atoms with Gasteiger partial charge in [0.15, 0.2) is 0 Å². The molecule has 2 rings (SSSR count). The Hall–Kier alpha value is -1.20. The quantitative estimate of drug-likeness (QED) is 0.867. The second-order valence-corrected chi connectivity index (χ2v) is 4.94. The Kier molecular flexibility index (Phi) is 4.49. The summed E-state index contributed by atoms with van der Waals surface area (Å²) in [7, 11) is 2.05. The number of rotatable bonds is 4. The molecule has 0 saturated carbocycles. The van der Waals surface area contributed by atoms with Gasteiger partial charge in [0.2, 0.25) is 5.95 Å². The zero-order valence-electron chi connectivity index (χ0n) is 11.2. The van der Waals surface area contributed by atoms with Gasteiger partial charge in [0.1, 0.15) is 0 Å². The molecule has 18 heavy (non-hydrogen) atoms. The van der Waals surface area contributed by atoms with Crippen molar-refractivity contribution in [1.82, 2.24) is 9.97 Å². The van der Waals surface area contributed by atoms with Crippen molar-refractivity contribution >= 4 is 5.95 Å². The minimum atomic E-state index is 0.460. The number of ether oxygens (including phenoxy) is 1. The third-order valence-corrected chi connectivity index (χ3v) is 3.32. The minimum absolute atomic E-state index is 0.460. The van der Waals surface area contributed by atoms with Crippen LogP contribution in [0.25, 0.3) is 0 Å². The molecule has 0 amide bonds. The molecule has 1 aromatic heterocycles. The van der Waals surface area contributed by atoms with E-state index < -0.39 is 0 Å². The van der Waals surface area contributed by atoms with Gasteiger partial charge in [-0.15, -0.1) is 0 Å². The van der Waals surface area contributed by atoms with Gasteiger partial charge in [-0.05, 0) is 31.7 Å². The third-order valence-electron chi connectivity index (χ3n) is 3.32. The molecule has 100 valence electrons. The number of aryl methyl sites for hydroxylation is 1. The summed E-state index contributed by atoms with van der Waals surface area (Å²) < 4.78 is 5.38. The maximum absolute atomic E-state index is 5.65. The van der Waals surface area contributed by atoms with Crippen LogP contribution < -0.4 is 10.6 Å². The van der Waals surface area contributed by atoms with E-state index in [2.05, 4.69) is 14.9 Å². The molecule has 0 bridgehead atoms. The number of hydrogen-bond donors (Lipinski definition) is 1. The summed E-state index contributed by atoms with van der Waals surface area (Å²) in [6.07, 6.45) is 2.25. The summed E-state index contributed by atoms with van der Waals surface area (Å²) in [6, 6.07) is 1.94. The predicted molar refractivity (Wildman–Crippen MR) is 71.5 cm³/mol. The van der Waals surface area contributed by atoms with Gasteiger partial charge in [0.25, 0.3) is 0 Å². The van der Waals surface area contributed by atoms with Gasteiger partial charge in [-0.1, -0.05) is 0 Å². The molecule has 5 heteroatoms. The molecular weight excluding hydrogens is 228 g/mol. The van der Waals surface area contributed by atoms with Gasteiger partial charge in [0.05, 0.1) is 5.69 Å². The van der Waals surface area contributed by atoms with Crippen LogP contribution in [0.1, 0.15) is 24.2 Å². The Morgan fingerprint density at radius 3 is 2.78 bits per heavy atom. The lowest BCUT2D eigenvalue weighted by atomic mass is 10.00. The first-order chi connectivity index (χ1) is 8.69. The van der Waals surface area contributed by atoms with E-state index >= 15 is 0 Å². The standard InChI is InChI=1S/C13H22N4O/c1-10-7-12(8-14)16-13(15-10)17(2)9-11-3-5-18-6-4-11/h7,11H,3-6,8-9,14H2,1-2H3. The smallest absolute Gasteiger partial charge is 0.225 e. The number of aromatic nitrogens is 2. The van der Waals surface area contributed by atoms with Crippen LogP contribution in [-0.4, -0.2) is 36.8 Å². The number of nitrogens with zero attached hydrogens (tertiary/aromatic N) is 3. The molecule has 1 saturated heterocycles. The van der Waals surface area contributed by atoms with Crippen LogP contribution >= 0.6 is 0 Å². The average molecular weight is 250 g/mol. The van der Waals surface area contributed by atoms with Crippen molar-refractivity contribution in [1.29, 1.82) is 0 Å². The van der Waals surface area contributed by atoms with E-state index in [1.165, 1.54) is 0 Å². The molecule has 5 nitrogen and oxygen atoms in total. The first-order valence-corrected chi connectivity index (χ1v) is 6.52. The van der Waals surface area contributed by atoms with Crippen molar-refractivity contribution < 1.29 is 4.74 Å². The summed E-state index contributed by atoms with van der Waals surface area (Å²) in [5.41, 5.74) is 7.52. The van der Waals surface area contributed by atoms with E-state index in [1.54, 1.807) is 0 Å². The lowest BCUT2D eigenvalue weighted by Crippen LogP contribution is -2.31. The Balaban J connectivity index is 2.02. The van der Waals surface area contributed by atoms with Crippen LogP contribution in [0.15, 0.2) is 6.07 Å². The van der Waals surface area contributed by atoms with Crippen molar-refractivity contribution in [3.63, 3.8) is 0 Å². The van der Waals surface area contributed by atoms with Crippen molar-refractivity contribution in [3.8, 4) is 0 Å². The molecule has 0 atom stereocenters. The van der Waals surface area contributed by atoms with Crippen LogP contribution in [0.3, 0.4) is 0 Å². The second-order valence-electron chi connectivity index (χ2n) is 4.94. The fraction of sp³-hybridized carbons (Fsp3) is 0.692. The molecule has 1 aromatic rings. The molecule has 1 aliphatic heterocycles. The molecule has 2 N–H and O–H groups in total. The highest BCUT2D eigenvalue weighted by atomic mass is 16.5. The van der Waals surface area contributed by atoms with Crippen molar-refractivity contribution in [2.45, 2.75) is 26.3 Å². The third kappa shape index (κ3) is 3.40. The molecule has 1 aliphatic rings. The first-order valence-electron chi connectivity index (χ1n) is 6.52. The Morgan fingerprint density at radius 1 is 1.39 bits per heavy atom. The molecule has 0 aromatic carbocycles. The van der Waals surface area contributed by atoms with Crippen LogP contribution in [0.2, 0.25) is 0 Å². The van der Waals surface area contributed by atoms with Crippen LogP contribution in [0, 0.1) is 12.8 Å². The van der Waals surface area contributed by atoms with Crippen LogP contribution in [-0.2, 0) is 11.3 Å². The van der Waals surface area contributed by atoms with Crippen LogP contribution in [0.5, 0.6) is 0 Å². The Labute approximate surface area is 108 Å². The highest BCUT2D eigenvalue weighted by Crippen LogP contribution is 2.18. The summed E-state index contributed by atoms with van der Waals surface area (Å²) >= 11 is 0. The van der Waals surface area contributed by atoms with Gasteiger partial charge in [-0.25, -0.2) is 9.97 Å². The topological polar surface area (TPSA) is 64.3 Å². The summed E-state index contributed by atoms with van der Waals surface area (Å²) in [4.78, 5) is 11.1. The lowest BCUT2D eigenvalue weighted by molar-refractivity contribution is 0.0684. The molecular formula is C13H22N4O. The van der Waals surface area contributed by atoms with Crippen molar-refractivity contribution in [2.24, 2.45) is 11.7 Å². The van der Waals surface area contributed by atoms with Gasteiger partial charge >= 0.3 is 0 Å². The zero-order valence-corrected chi connectivity index (χ0v) is 11.2. The van der Waals surface area contributed by atoms with E-state index in [0.717, 1.165) is 49.9 Å². The molecule has 0 spiro atoms. The zero-order chi connectivity index (χ0) is 13.0. The van der Waals surface area contributed by atoms with Gasteiger partial charge < -0.3 is 15.4 Å². The number of anilines is 1. The maximum Gasteiger partial charge on any atom is 0.225 e. The minimum Gasteiger partial charge on any atom is -0.381 e. The number of hydrogen-bond acceptors (Lipinski definition) is 5. The van der Waals surface area contributed by atoms with Crippen LogP contribution in [0.4, 0.5) is 5.95 Å². The van der Waals surface area contributed by atoms with E-state index in [4.69, 9.17) is 10.5 Å². The summed E-state index contributed by atoms with van der Waals surface area (Å²) in [5, 5.41) is 0. The van der Waals surface area contributed by atoms with E-state index in [-0.39, 0.29) is 0 Å².